The topological polar surface area (TPSA) is 123 Å². The minimum Gasteiger partial charge on any atom is -0.444 e. The number of hydrogen-bond acceptors (Lipinski definition) is 5. The van der Waals surface area contributed by atoms with Crippen molar-refractivity contribution in [2.75, 3.05) is 16.8 Å². The molecule has 0 saturated carbocycles. The van der Waals surface area contributed by atoms with Crippen LogP contribution in [0, 0.1) is 12.8 Å². The summed E-state index contributed by atoms with van der Waals surface area (Å²) in [4.78, 5) is 51.2. The summed E-state index contributed by atoms with van der Waals surface area (Å²) in [6.07, 6.45) is 1.58. The molecule has 1 aromatic carbocycles. The van der Waals surface area contributed by atoms with Crippen LogP contribution in [0.4, 0.5) is 11.6 Å². The Morgan fingerprint density at radius 2 is 1.77 bits per heavy atom. The maximum Gasteiger partial charge on any atom is 0.255 e. The molecule has 8 nitrogen and oxygen atoms in total. The van der Waals surface area contributed by atoms with Crippen molar-refractivity contribution in [3.8, 4) is 0 Å². The average molecular weight is 425 g/mol. The standard InChI is InChI=1S/C23H27N3O5/c1-5-14-8-7-9-15(6-2)20(14)26-11-16(10-17(26)28)22(30)25-23-19(21(24)29)18(12(3)27)13(4)31-23/h7-9,16H,5-6,10-11H2,1-4H3,(H2,24,29)(H,25,30). The number of hydrogen-bond donors (Lipinski definition) is 2. The number of para-hydroxylation sites is 1. The van der Waals surface area contributed by atoms with Crippen LogP contribution in [0.2, 0.25) is 0 Å². The SMILES string of the molecule is CCc1cccc(CC)c1N1CC(C(=O)Nc2oc(C)c(C(C)=O)c2C(N)=O)CC1=O. The van der Waals surface area contributed by atoms with Crippen LogP contribution >= 0.6 is 0 Å². The van der Waals surface area contributed by atoms with Crippen LogP contribution in [0.1, 0.15) is 64.8 Å². The molecule has 164 valence electrons. The van der Waals surface area contributed by atoms with Crippen molar-refractivity contribution in [1.82, 2.24) is 0 Å². The monoisotopic (exact) mass is 425 g/mol. The summed E-state index contributed by atoms with van der Waals surface area (Å²) in [7, 11) is 0. The largest absolute Gasteiger partial charge is 0.444 e. The molecule has 2 heterocycles. The number of aryl methyl sites for hydroxylation is 3. The zero-order chi connectivity index (χ0) is 22.9. The molecule has 0 spiro atoms. The quantitative estimate of drug-likeness (QED) is 0.660. The first-order valence-electron chi connectivity index (χ1n) is 10.4. The van der Waals surface area contributed by atoms with Crippen molar-refractivity contribution in [3.05, 3.63) is 46.2 Å². The van der Waals surface area contributed by atoms with Gasteiger partial charge < -0.3 is 15.1 Å². The van der Waals surface area contributed by atoms with E-state index in [1.54, 1.807) is 4.90 Å². The summed E-state index contributed by atoms with van der Waals surface area (Å²) in [6.45, 7) is 7.09. The average Bonchev–Trinajstić information content (AvgIpc) is 3.26. The fraction of sp³-hybridized carbons (Fsp3) is 0.391. The first kappa shape index (κ1) is 22.3. The minimum absolute atomic E-state index is 0.0399. The third-order valence-electron chi connectivity index (χ3n) is 5.65. The molecule has 8 heteroatoms. The van der Waals surface area contributed by atoms with Crippen LogP contribution in [0.15, 0.2) is 22.6 Å². The highest BCUT2D eigenvalue weighted by molar-refractivity contribution is 6.12. The molecule has 1 saturated heterocycles. The number of nitrogens with one attached hydrogen (secondary N) is 1. The Morgan fingerprint density at radius 1 is 1.16 bits per heavy atom. The lowest BCUT2D eigenvalue weighted by molar-refractivity contribution is -0.122. The highest BCUT2D eigenvalue weighted by Gasteiger charge is 2.38. The Hall–Kier alpha value is -3.42. The molecule has 0 aliphatic carbocycles. The van der Waals surface area contributed by atoms with Crippen molar-refractivity contribution in [2.45, 2.75) is 47.0 Å². The number of nitrogens with two attached hydrogens (primary N) is 1. The van der Waals surface area contributed by atoms with Gasteiger partial charge in [-0.15, -0.1) is 0 Å². The molecular formula is C23H27N3O5. The van der Waals surface area contributed by atoms with Crippen LogP contribution in [0.3, 0.4) is 0 Å². The van der Waals surface area contributed by atoms with Crippen LogP contribution in [-0.4, -0.2) is 30.0 Å². The molecule has 1 unspecified atom stereocenters. The normalized spacial score (nSPS) is 15.9. The van der Waals surface area contributed by atoms with Crippen molar-refractivity contribution in [2.24, 2.45) is 11.7 Å². The fourth-order valence-corrected chi connectivity index (χ4v) is 4.17. The van der Waals surface area contributed by atoms with Gasteiger partial charge in [0.05, 0.1) is 11.5 Å². The molecule has 1 aliphatic heterocycles. The summed E-state index contributed by atoms with van der Waals surface area (Å²) < 4.78 is 5.46. The van der Waals surface area contributed by atoms with Gasteiger partial charge in [-0.05, 0) is 37.8 Å². The minimum atomic E-state index is -0.870. The number of carbonyl (C=O) groups is 4. The number of amides is 3. The van der Waals surface area contributed by atoms with Gasteiger partial charge in [0.25, 0.3) is 5.91 Å². The summed E-state index contributed by atoms with van der Waals surface area (Å²) in [5, 5.41) is 2.56. The van der Waals surface area contributed by atoms with E-state index >= 15 is 0 Å². The molecule has 1 aromatic heterocycles. The number of anilines is 2. The lowest BCUT2D eigenvalue weighted by Gasteiger charge is -2.23. The number of carbonyl (C=O) groups excluding carboxylic acids is 4. The number of ketones is 1. The number of benzene rings is 1. The van der Waals surface area contributed by atoms with E-state index in [-0.39, 0.29) is 47.4 Å². The van der Waals surface area contributed by atoms with Gasteiger partial charge in [-0.2, -0.15) is 0 Å². The van der Waals surface area contributed by atoms with E-state index in [0.29, 0.717) is 0 Å². The Balaban J connectivity index is 1.87. The van der Waals surface area contributed by atoms with Gasteiger partial charge in [0.2, 0.25) is 17.7 Å². The highest BCUT2D eigenvalue weighted by atomic mass is 16.4. The second kappa shape index (κ2) is 8.75. The van der Waals surface area contributed by atoms with Crippen LogP contribution in [-0.2, 0) is 22.4 Å². The van der Waals surface area contributed by atoms with Crippen molar-refractivity contribution in [3.63, 3.8) is 0 Å². The van der Waals surface area contributed by atoms with Crippen molar-refractivity contribution < 1.29 is 23.6 Å². The molecular weight excluding hydrogens is 398 g/mol. The van der Waals surface area contributed by atoms with Crippen LogP contribution in [0.25, 0.3) is 0 Å². The molecule has 3 N–H and O–H groups in total. The molecule has 1 atom stereocenters. The third kappa shape index (κ3) is 4.10. The predicted molar refractivity (Wildman–Crippen MR) is 116 cm³/mol. The molecule has 3 rings (SSSR count). The van der Waals surface area contributed by atoms with E-state index in [9.17, 15) is 19.2 Å². The smallest absolute Gasteiger partial charge is 0.255 e. The van der Waals surface area contributed by atoms with Gasteiger partial charge in [-0.25, -0.2) is 0 Å². The lowest BCUT2D eigenvalue weighted by atomic mass is 10.0. The van der Waals surface area contributed by atoms with Gasteiger partial charge in [0.15, 0.2) is 5.78 Å². The third-order valence-corrected chi connectivity index (χ3v) is 5.65. The van der Waals surface area contributed by atoms with E-state index in [4.69, 9.17) is 10.2 Å². The Bertz CT molecular complexity index is 1050. The zero-order valence-electron chi connectivity index (χ0n) is 18.2. The van der Waals surface area contributed by atoms with Gasteiger partial charge in [0.1, 0.15) is 11.3 Å². The summed E-state index contributed by atoms with van der Waals surface area (Å²) in [6, 6.07) is 5.95. The number of furan rings is 1. The Morgan fingerprint density at radius 3 is 2.29 bits per heavy atom. The van der Waals surface area contributed by atoms with Gasteiger partial charge in [-0.1, -0.05) is 32.0 Å². The van der Waals surface area contributed by atoms with Crippen molar-refractivity contribution in [1.29, 1.82) is 0 Å². The van der Waals surface area contributed by atoms with Gasteiger partial charge in [0, 0.05) is 18.7 Å². The second-order valence-corrected chi connectivity index (χ2v) is 7.68. The Labute approximate surface area is 180 Å². The van der Waals surface area contributed by atoms with Crippen molar-refractivity contribution >= 4 is 35.1 Å². The summed E-state index contributed by atoms with van der Waals surface area (Å²) in [5.41, 5.74) is 8.30. The van der Waals surface area contributed by atoms with Gasteiger partial charge >= 0.3 is 0 Å². The van der Waals surface area contributed by atoms with Crippen LogP contribution in [0.5, 0.6) is 0 Å². The summed E-state index contributed by atoms with van der Waals surface area (Å²) >= 11 is 0. The van der Waals surface area contributed by atoms with Gasteiger partial charge in [-0.3, -0.25) is 24.5 Å². The van der Waals surface area contributed by atoms with E-state index < -0.39 is 17.7 Å². The van der Waals surface area contributed by atoms with E-state index in [1.807, 2.05) is 32.0 Å². The number of nitrogens with zero attached hydrogens (tertiary/aromatic N) is 1. The van der Waals surface area contributed by atoms with E-state index in [2.05, 4.69) is 5.32 Å². The molecule has 31 heavy (non-hydrogen) atoms. The molecule has 3 amide bonds. The van der Waals surface area contributed by atoms with E-state index in [1.165, 1.54) is 13.8 Å². The molecule has 1 fully saturated rings. The molecule has 2 aromatic rings. The lowest BCUT2D eigenvalue weighted by Crippen LogP contribution is -2.30. The second-order valence-electron chi connectivity index (χ2n) is 7.68. The number of primary amides is 1. The first-order chi connectivity index (χ1) is 14.7. The van der Waals surface area contributed by atoms with E-state index in [0.717, 1.165) is 29.7 Å². The zero-order valence-corrected chi connectivity index (χ0v) is 18.2. The fourth-order valence-electron chi connectivity index (χ4n) is 4.17. The summed E-state index contributed by atoms with van der Waals surface area (Å²) in [5.74, 6) is -2.44. The molecule has 0 radical (unpaired) electrons. The molecule has 0 bridgehead atoms. The maximum absolute atomic E-state index is 12.9. The first-order valence-corrected chi connectivity index (χ1v) is 10.4. The van der Waals surface area contributed by atoms with Crippen LogP contribution < -0.4 is 16.0 Å². The molecule has 1 aliphatic rings. The Kier molecular flexibility index (Phi) is 6.29. The number of Topliss-reactive ketones (excluding diaryl/α,β-unsaturated/α-hetero) is 1. The highest BCUT2D eigenvalue weighted by Crippen LogP contribution is 2.34. The predicted octanol–water partition coefficient (Wildman–Crippen LogP) is 3.01. The maximum atomic E-state index is 12.9. The number of rotatable bonds is 7.